The molecule has 0 bridgehead atoms. The van der Waals surface area contributed by atoms with E-state index in [1.54, 1.807) is 7.05 Å². The van der Waals surface area contributed by atoms with E-state index in [9.17, 15) is 14.7 Å². The number of carbonyl (C=O) groups excluding carboxylic acids is 2. The molecule has 1 heterocycles. The fourth-order valence-electron chi connectivity index (χ4n) is 2.97. The van der Waals surface area contributed by atoms with Gasteiger partial charge in [0.25, 0.3) is 0 Å². The first-order valence-electron chi connectivity index (χ1n) is 8.76. The summed E-state index contributed by atoms with van der Waals surface area (Å²) in [6.07, 6.45) is 2.00. The van der Waals surface area contributed by atoms with Gasteiger partial charge in [-0.3, -0.25) is 4.90 Å². The van der Waals surface area contributed by atoms with Gasteiger partial charge in [0.05, 0.1) is 18.7 Å². The zero-order valence-corrected chi connectivity index (χ0v) is 15.5. The van der Waals surface area contributed by atoms with Crippen LogP contribution in [0.4, 0.5) is 9.59 Å². The molecular weight excluding hydrogens is 348 g/mol. The van der Waals surface area contributed by atoms with E-state index < -0.39 is 18.3 Å². The second kappa shape index (κ2) is 9.78. The van der Waals surface area contributed by atoms with Crippen LogP contribution in [0, 0.1) is 0 Å². The number of hydrogen-bond acceptors (Lipinski definition) is 5. The Morgan fingerprint density at radius 2 is 1.85 bits per heavy atom. The molecular formula is C20H26N2O5. The van der Waals surface area contributed by atoms with E-state index in [4.69, 9.17) is 9.47 Å². The first-order chi connectivity index (χ1) is 13.0. The summed E-state index contributed by atoms with van der Waals surface area (Å²) in [5, 5.41) is 9.98. The van der Waals surface area contributed by atoms with Crippen LogP contribution in [0.3, 0.4) is 0 Å². The fourth-order valence-corrected chi connectivity index (χ4v) is 2.97. The number of carbonyl (C=O) groups is 2. The molecule has 7 nitrogen and oxygen atoms in total. The highest BCUT2D eigenvalue weighted by Gasteiger charge is 2.36. The highest BCUT2D eigenvalue weighted by molar-refractivity contribution is 5.69. The lowest BCUT2D eigenvalue weighted by Crippen LogP contribution is -2.32. The number of β-amino-alcohol motifs (C(OH)–C–C–N with tert-alkyl or cyclic N) is 1. The number of benzene rings is 1. The Morgan fingerprint density at radius 3 is 2.48 bits per heavy atom. The van der Waals surface area contributed by atoms with Crippen molar-refractivity contribution in [2.24, 2.45) is 0 Å². The molecule has 1 aliphatic rings. The molecule has 1 aliphatic heterocycles. The Hall–Kier alpha value is -2.80. The monoisotopic (exact) mass is 374 g/mol. The third kappa shape index (κ3) is 5.59. The van der Waals surface area contributed by atoms with E-state index in [0.29, 0.717) is 13.0 Å². The maximum absolute atomic E-state index is 12.2. The standard InChI is InChI=1S/C20H26N2O5/c1-4-10-26-19(24)21(3)13-15-6-8-16(9-7-15)18-12-17(23)14-22(18)20(25)27-11-5-2/h4-9,17-18,23H,1-2,10-14H2,3H3/t17-,18-/m1/s1. The molecule has 0 radical (unpaired) electrons. The van der Waals surface area contributed by atoms with E-state index in [0.717, 1.165) is 11.1 Å². The van der Waals surface area contributed by atoms with Gasteiger partial charge in [-0.2, -0.15) is 0 Å². The molecule has 0 aromatic heterocycles. The summed E-state index contributed by atoms with van der Waals surface area (Å²) in [5.41, 5.74) is 1.83. The number of rotatable bonds is 7. The number of aliphatic hydroxyl groups is 1. The van der Waals surface area contributed by atoms with Gasteiger partial charge in [0.15, 0.2) is 0 Å². The largest absolute Gasteiger partial charge is 0.445 e. The van der Waals surface area contributed by atoms with Crippen LogP contribution >= 0.6 is 0 Å². The van der Waals surface area contributed by atoms with Crippen LogP contribution in [-0.2, 0) is 16.0 Å². The van der Waals surface area contributed by atoms with E-state index in [2.05, 4.69) is 13.2 Å². The van der Waals surface area contributed by atoms with Crippen molar-refractivity contribution in [2.45, 2.75) is 25.1 Å². The van der Waals surface area contributed by atoms with Gasteiger partial charge in [0, 0.05) is 13.6 Å². The van der Waals surface area contributed by atoms with E-state index in [1.165, 1.54) is 22.0 Å². The van der Waals surface area contributed by atoms with Crippen molar-refractivity contribution >= 4 is 12.2 Å². The Bertz CT molecular complexity index is 673. The minimum Gasteiger partial charge on any atom is -0.445 e. The predicted octanol–water partition coefficient (Wildman–Crippen LogP) is 2.87. The molecule has 0 saturated carbocycles. The van der Waals surface area contributed by atoms with Gasteiger partial charge < -0.3 is 19.5 Å². The van der Waals surface area contributed by atoms with E-state index in [1.807, 2.05) is 24.3 Å². The molecule has 1 saturated heterocycles. The number of amides is 2. The molecule has 2 rings (SSSR count). The highest BCUT2D eigenvalue weighted by Crippen LogP contribution is 2.32. The molecule has 1 fully saturated rings. The molecule has 2 amide bonds. The van der Waals surface area contributed by atoms with E-state index in [-0.39, 0.29) is 25.8 Å². The van der Waals surface area contributed by atoms with Gasteiger partial charge >= 0.3 is 12.2 Å². The van der Waals surface area contributed by atoms with Gasteiger partial charge in [0.1, 0.15) is 13.2 Å². The molecule has 0 spiro atoms. The molecule has 146 valence electrons. The number of likely N-dealkylation sites (tertiary alicyclic amines) is 1. The first kappa shape index (κ1) is 20.5. The number of aliphatic hydroxyl groups excluding tert-OH is 1. The first-order valence-corrected chi connectivity index (χ1v) is 8.76. The van der Waals surface area contributed by atoms with Crippen LogP contribution in [0.1, 0.15) is 23.6 Å². The lowest BCUT2D eigenvalue weighted by atomic mass is 10.0. The summed E-state index contributed by atoms with van der Waals surface area (Å²) in [7, 11) is 1.66. The Kier molecular flexibility index (Phi) is 7.43. The quantitative estimate of drug-likeness (QED) is 0.743. The Labute approximate surface area is 159 Å². The van der Waals surface area contributed by atoms with Crippen molar-refractivity contribution in [2.75, 3.05) is 26.8 Å². The zero-order chi connectivity index (χ0) is 19.8. The van der Waals surface area contributed by atoms with Crippen molar-refractivity contribution in [3.8, 4) is 0 Å². The van der Waals surface area contributed by atoms with E-state index >= 15 is 0 Å². The van der Waals surface area contributed by atoms with Gasteiger partial charge in [-0.25, -0.2) is 9.59 Å². The summed E-state index contributed by atoms with van der Waals surface area (Å²) in [6.45, 7) is 7.97. The maximum atomic E-state index is 12.2. The van der Waals surface area contributed by atoms with Crippen molar-refractivity contribution < 1.29 is 24.2 Å². The third-order valence-electron chi connectivity index (χ3n) is 4.26. The van der Waals surface area contributed by atoms with Crippen LogP contribution in [0.15, 0.2) is 49.6 Å². The SMILES string of the molecule is C=CCOC(=O)N(C)Cc1ccc([C@H]2C[C@@H](O)CN2C(=O)OCC=C)cc1. The molecule has 27 heavy (non-hydrogen) atoms. The van der Waals surface area contributed by atoms with Crippen molar-refractivity contribution in [1.82, 2.24) is 9.80 Å². The van der Waals surface area contributed by atoms with Crippen molar-refractivity contribution in [1.29, 1.82) is 0 Å². The summed E-state index contributed by atoms with van der Waals surface area (Å²) < 4.78 is 10.1. The number of ether oxygens (including phenoxy) is 2. The zero-order valence-electron chi connectivity index (χ0n) is 15.5. The van der Waals surface area contributed by atoms with Crippen molar-refractivity contribution in [3.05, 3.63) is 60.7 Å². The van der Waals surface area contributed by atoms with Gasteiger partial charge in [0.2, 0.25) is 0 Å². The molecule has 2 atom stereocenters. The molecule has 0 unspecified atom stereocenters. The maximum Gasteiger partial charge on any atom is 0.410 e. The molecule has 1 N–H and O–H groups in total. The highest BCUT2D eigenvalue weighted by atomic mass is 16.6. The molecule has 1 aromatic carbocycles. The van der Waals surface area contributed by atoms with Crippen LogP contribution in [0.2, 0.25) is 0 Å². The Morgan fingerprint density at radius 1 is 1.22 bits per heavy atom. The summed E-state index contributed by atoms with van der Waals surface area (Å²) in [5.74, 6) is 0. The van der Waals surface area contributed by atoms with Crippen molar-refractivity contribution in [3.63, 3.8) is 0 Å². The van der Waals surface area contributed by atoms with Crippen LogP contribution in [0.25, 0.3) is 0 Å². The lowest BCUT2D eigenvalue weighted by molar-refractivity contribution is 0.102. The minimum absolute atomic E-state index is 0.130. The normalized spacial score (nSPS) is 18.7. The van der Waals surface area contributed by atoms with Crippen LogP contribution in [-0.4, -0.2) is 60.0 Å². The lowest BCUT2D eigenvalue weighted by Gasteiger charge is -2.24. The number of hydrogen-bond donors (Lipinski definition) is 1. The second-order valence-electron chi connectivity index (χ2n) is 6.39. The van der Waals surface area contributed by atoms with Crippen LogP contribution < -0.4 is 0 Å². The number of nitrogens with zero attached hydrogens (tertiary/aromatic N) is 2. The van der Waals surface area contributed by atoms with Gasteiger partial charge in [-0.15, -0.1) is 0 Å². The predicted molar refractivity (Wildman–Crippen MR) is 101 cm³/mol. The summed E-state index contributed by atoms with van der Waals surface area (Å²) in [6, 6.07) is 7.33. The van der Waals surface area contributed by atoms with Crippen LogP contribution in [0.5, 0.6) is 0 Å². The average molecular weight is 374 g/mol. The molecule has 7 heteroatoms. The molecule has 0 aliphatic carbocycles. The Balaban J connectivity index is 2.02. The fraction of sp³-hybridized carbons (Fsp3) is 0.400. The molecule has 1 aromatic rings. The summed E-state index contributed by atoms with van der Waals surface area (Å²) in [4.78, 5) is 27.0. The second-order valence-corrected chi connectivity index (χ2v) is 6.39. The summed E-state index contributed by atoms with van der Waals surface area (Å²) >= 11 is 0. The van der Waals surface area contributed by atoms with Gasteiger partial charge in [-0.1, -0.05) is 49.6 Å². The van der Waals surface area contributed by atoms with Gasteiger partial charge in [-0.05, 0) is 17.5 Å². The topological polar surface area (TPSA) is 79.3 Å². The average Bonchev–Trinajstić information content (AvgIpc) is 3.06. The third-order valence-corrected chi connectivity index (χ3v) is 4.26. The smallest absolute Gasteiger partial charge is 0.410 e. The minimum atomic E-state index is -0.586.